The Labute approximate surface area is 193 Å². The van der Waals surface area contributed by atoms with Gasteiger partial charge in [-0.15, -0.1) is 0 Å². The fourth-order valence-electron chi connectivity index (χ4n) is 7.37. The van der Waals surface area contributed by atoms with E-state index in [0.29, 0.717) is 11.5 Å². The lowest BCUT2D eigenvalue weighted by Gasteiger charge is -2.48. The number of carbonyl (C=O) groups excluding carboxylic acids is 1. The molecule has 0 amide bonds. The smallest absolute Gasteiger partial charge is 0.297 e. The summed E-state index contributed by atoms with van der Waals surface area (Å²) >= 11 is 0. The number of aromatic nitrogens is 2. The van der Waals surface area contributed by atoms with Crippen molar-refractivity contribution in [2.45, 2.75) is 58.5 Å². The van der Waals surface area contributed by atoms with Crippen LogP contribution >= 0.6 is 0 Å². The number of aliphatic hydroxyl groups is 3. The van der Waals surface area contributed by atoms with Gasteiger partial charge in [0.15, 0.2) is 17.5 Å². The number of halogens is 1. The summed E-state index contributed by atoms with van der Waals surface area (Å²) in [5.41, 5.74) is -2.59. The predicted octanol–water partition coefficient (Wildman–Crippen LogP) is 2.07. The maximum absolute atomic E-state index is 14.3. The molecule has 180 valence electrons. The van der Waals surface area contributed by atoms with E-state index in [0.717, 1.165) is 6.42 Å². The molecule has 3 N–H and O–H groups in total. The Morgan fingerprint density at radius 1 is 1.36 bits per heavy atom. The highest BCUT2D eigenvalue weighted by Crippen LogP contribution is 2.71. The number of allylic oxidation sites excluding steroid dienone is 1. The highest BCUT2D eigenvalue weighted by molar-refractivity contribution is 5.95. The molecule has 0 saturated heterocycles. The van der Waals surface area contributed by atoms with Crippen LogP contribution in [-0.4, -0.2) is 61.7 Å². The molecule has 1 spiro atoms. The molecule has 0 aliphatic heterocycles. The first kappa shape index (κ1) is 22.7. The van der Waals surface area contributed by atoms with Gasteiger partial charge in [0.25, 0.3) is 6.01 Å². The molecule has 7 nitrogen and oxygen atoms in total. The molecule has 1 aromatic heterocycles. The van der Waals surface area contributed by atoms with Crippen molar-refractivity contribution >= 4 is 5.78 Å². The number of imidazole rings is 1. The van der Waals surface area contributed by atoms with Gasteiger partial charge >= 0.3 is 0 Å². The number of aliphatic hydroxyl groups excluding tert-OH is 2. The lowest BCUT2D eigenvalue weighted by atomic mass is 9.59. The molecule has 1 heterocycles. The average Bonchev–Trinajstić information content (AvgIpc) is 3.04. The van der Waals surface area contributed by atoms with E-state index in [1.807, 2.05) is 6.92 Å². The molecule has 5 rings (SSSR count). The van der Waals surface area contributed by atoms with Crippen molar-refractivity contribution in [3.8, 4) is 6.01 Å². The zero-order valence-corrected chi connectivity index (χ0v) is 19.5. The molecule has 2 saturated carbocycles. The summed E-state index contributed by atoms with van der Waals surface area (Å²) in [5.74, 6) is -0.481. The fraction of sp³-hybridized carbons (Fsp3) is 0.680. The third kappa shape index (κ3) is 2.71. The largest absolute Gasteiger partial charge is 0.454 e. The van der Waals surface area contributed by atoms with Gasteiger partial charge in [-0.25, -0.2) is 9.37 Å². The van der Waals surface area contributed by atoms with Crippen LogP contribution in [0.15, 0.2) is 35.7 Å². The second-order valence-electron chi connectivity index (χ2n) is 11.0. The number of ether oxygens (including phenoxy) is 1. The van der Waals surface area contributed by atoms with Crippen LogP contribution in [0.5, 0.6) is 6.01 Å². The molecule has 4 aliphatic rings. The topological polar surface area (TPSA) is 105 Å². The standard InChI is InChI=1S/C25H33FN2O5/c1-13-11-24-14(2)9-17-18(23(17,3)4)16(20(24)31)10-15(12-29)19(30)25(24,32)21(13)33-22-27-6-8-28(22)7-5-26/h6,8,10-11,14,16-19,21,29-30,32H,5,7,9,12H2,1-4H3/t14-,16+,17-,18+,19-,21+,24+,25+/m1/s1. The molecule has 2 bridgehead atoms. The second-order valence-corrected chi connectivity index (χ2v) is 11.0. The van der Waals surface area contributed by atoms with E-state index < -0.39 is 42.4 Å². The molecule has 8 atom stereocenters. The van der Waals surface area contributed by atoms with Gasteiger partial charge in [-0.1, -0.05) is 32.9 Å². The van der Waals surface area contributed by atoms with E-state index in [-0.39, 0.29) is 41.2 Å². The number of Topliss-reactive ketones (excluding diaryl/α,β-unsaturated/α-hetero) is 1. The maximum atomic E-state index is 14.3. The molecule has 0 radical (unpaired) electrons. The molecular formula is C25H33FN2O5. The van der Waals surface area contributed by atoms with E-state index in [9.17, 15) is 24.5 Å². The van der Waals surface area contributed by atoms with E-state index >= 15 is 0 Å². The lowest BCUT2D eigenvalue weighted by Crippen LogP contribution is -2.66. The van der Waals surface area contributed by atoms with Gasteiger partial charge < -0.3 is 20.1 Å². The van der Waals surface area contributed by atoms with Crippen molar-refractivity contribution in [3.63, 3.8) is 0 Å². The second kappa shape index (κ2) is 7.23. The Hall–Kier alpha value is -2.03. The van der Waals surface area contributed by atoms with Crippen molar-refractivity contribution in [1.82, 2.24) is 9.55 Å². The van der Waals surface area contributed by atoms with Crippen LogP contribution in [0.4, 0.5) is 4.39 Å². The number of ketones is 1. The average molecular weight is 461 g/mol. The number of hydrogen-bond donors (Lipinski definition) is 3. The Morgan fingerprint density at radius 3 is 2.76 bits per heavy atom. The molecular weight excluding hydrogens is 427 g/mol. The van der Waals surface area contributed by atoms with Gasteiger partial charge in [-0.3, -0.25) is 9.36 Å². The third-order valence-electron chi connectivity index (χ3n) is 9.12. The minimum absolute atomic E-state index is 0.0228. The van der Waals surface area contributed by atoms with Crippen molar-refractivity contribution in [1.29, 1.82) is 0 Å². The van der Waals surface area contributed by atoms with Crippen LogP contribution in [0.1, 0.15) is 34.1 Å². The van der Waals surface area contributed by atoms with Crippen LogP contribution in [0, 0.1) is 34.5 Å². The Bertz CT molecular complexity index is 1050. The van der Waals surface area contributed by atoms with E-state index in [2.05, 4.69) is 18.8 Å². The van der Waals surface area contributed by atoms with Gasteiger partial charge in [0.2, 0.25) is 0 Å². The summed E-state index contributed by atoms with van der Waals surface area (Å²) in [6, 6.07) is 0.108. The van der Waals surface area contributed by atoms with Crippen LogP contribution in [-0.2, 0) is 11.3 Å². The number of fused-ring (bicyclic) bond motifs is 3. The summed E-state index contributed by atoms with van der Waals surface area (Å²) in [7, 11) is 0. The van der Waals surface area contributed by atoms with Crippen molar-refractivity contribution < 1.29 is 29.2 Å². The predicted molar refractivity (Wildman–Crippen MR) is 118 cm³/mol. The van der Waals surface area contributed by atoms with Crippen molar-refractivity contribution in [3.05, 3.63) is 35.7 Å². The first-order valence-electron chi connectivity index (χ1n) is 11.7. The van der Waals surface area contributed by atoms with Crippen LogP contribution in [0.25, 0.3) is 0 Å². The summed E-state index contributed by atoms with van der Waals surface area (Å²) in [5, 5.41) is 34.1. The van der Waals surface area contributed by atoms with E-state index in [1.165, 1.54) is 10.8 Å². The zero-order chi connectivity index (χ0) is 23.9. The number of carbonyl (C=O) groups is 1. The van der Waals surface area contributed by atoms with Gasteiger partial charge in [-0.2, -0.15) is 0 Å². The molecule has 8 heteroatoms. The van der Waals surface area contributed by atoms with Gasteiger partial charge in [-0.05, 0) is 47.7 Å². The number of nitrogens with zero attached hydrogens (tertiary/aromatic N) is 2. The summed E-state index contributed by atoms with van der Waals surface area (Å²) in [6.45, 7) is 7.00. The number of rotatable bonds is 5. The number of hydrogen-bond acceptors (Lipinski definition) is 6. The Kier molecular flexibility index (Phi) is 4.99. The molecule has 4 aliphatic carbocycles. The van der Waals surface area contributed by atoms with Crippen LogP contribution < -0.4 is 4.74 Å². The molecule has 0 aromatic carbocycles. The fourth-order valence-corrected chi connectivity index (χ4v) is 7.37. The SMILES string of the molecule is CC1=C[C@]23C(=O)[C@@H](C=C(CO)[C@@H](O)[C@]2(O)[C@H]1Oc1nccn1CCF)[C@H]1[C@@H](C[C@H]3C)C1(C)C. The van der Waals surface area contributed by atoms with Gasteiger partial charge in [0.05, 0.1) is 18.6 Å². The molecule has 0 unspecified atom stereocenters. The summed E-state index contributed by atoms with van der Waals surface area (Å²) in [4.78, 5) is 18.5. The van der Waals surface area contributed by atoms with Gasteiger partial charge in [0.1, 0.15) is 12.8 Å². The normalized spacial score (nSPS) is 43.1. The number of alkyl halides is 1. The summed E-state index contributed by atoms with van der Waals surface area (Å²) < 4.78 is 20.7. The van der Waals surface area contributed by atoms with Crippen molar-refractivity contribution in [2.75, 3.05) is 13.3 Å². The first-order valence-corrected chi connectivity index (χ1v) is 11.7. The van der Waals surface area contributed by atoms with Crippen LogP contribution in [0.2, 0.25) is 0 Å². The molecule has 1 aromatic rings. The first-order chi connectivity index (χ1) is 15.5. The highest BCUT2D eigenvalue weighted by Gasteiger charge is 2.76. The number of aryl methyl sites for hydroxylation is 1. The quantitative estimate of drug-likeness (QED) is 0.581. The minimum Gasteiger partial charge on any atom is -0.454 e. The zero-order valence-electron chi connectivity index (χ0n) is 19.5. The monoisotopic (exact) mass is 460 g/mol. The van der Waals surface area contributed by atoms with E-state index in [1.54, 1.807) is 25.3 Å². The lowest BCUT2D eigenvalue weighted by molar-refractivity contribution is -0.186. The minimum atomic E-state index is -2.04. The van der Waals surface area contributed by atoms with Crippen LogP contribution in [0.3, 0.4) is 0 Å². The third-order valence-corrected chi connectivity index (χ3v) is 9.12. The molecule has 2 fully saturated rings. The Balaban J connectivity index is 1.66. The summed E-state index contributed by atoms with van der Waals surface area (Å²) in [6.07, 6.45) is 4.68. The maximum Gasteiger partial charge on any atom is 0.297 e. The molecule has 33 heavy (non-hydrogen) atoms. The van der Waals surface area contributed by atoms with Gasteiger partial charge in [0, 0.05) is 18.3 Å². The van der Waals surface area contributed by atoms with E-state index in [4.69, 9.17) is 4.74 Å². The van der Waals surface area contributed by atoms with Crippen molar-refractivity contribution in [2.24, 2.45) is 34.5 Å². The Morgan fingerprint density at radius 2 is 2.09 bits per heavy atom. The highest BCUT2D eigenvalue weighted by atomic mass is 19.1.